The molecule has 0 bridgehead atoms. The van der Waals surface area contributed by atoms with Gasteiger partial charge >= 0.3 is 0 Å². The minimum Gasteiger partial charge on any atom is -0.481 e. The zero-order chi connectivity index (χ0) is 12.5. The van der Waals surface area contributed by atoms with Crippen LogP contribution in [0.3, 0.4) is 0 Å². The maximum absolute atomic E-state index is 5.48. The van der Waals surface area contributed by atoms with Crippen LogP contribution in [0.4, 0.5) is 0 Å². The van der Waals surface area contributed by atoms with Gasteiger partial charge in [-0.2, -0.15) is 0 Å². The number of rotatable bonds is 8. The van der Waals surface area contributed by atoms with Gasteiger partial charge < -0.3 is 14.2 Å². The average Bonchev–Trinajstić information content (AvgIpc) is 2.37. The van der Waals surface area contributed by atoms with Gasteiger partial charge in [0.1, 0.15) is 0 Å². The van der Waals surface area contributed by atoms with E-state index in [1.165, 1.54) is 0 Å². The normalized spacial score (nSPS) is 10.8. The molecule has 4 heteroatoms. The largest absolute Gasteiger partial charge is 0.481 e. The van der Waals surface area contributed by atoms with Gasteiger partial charge in [0, 0.05) is 31.4 Å². The van der Waals surface area contributed by atoms with Crippen LogP contribution in [0, 0.1) is 0 Å². The highest BCUT2D eigenvalue weighted by Gasteiger charge is 2.08. The molecule has 0 amide bonds. The number of methoxy groups -OCH3 is 1. The molecular weight excluding hydrogens is 218 g/mol. The van der Waals surface area contributed by atoms with Crippen LogP contribution in [0.2, 0.25) is 0 Å². The monoisotopic (exact) mass is 239 g/mol. The molecule has 1 aromatic heterocycles. The third-order valence-electron chi connectivity index (χ3n) is 2.33. The maximum atomic E-state index is 5.48. The molecule has 0 radical (unpaired) electrons. The molecule has 0 saturated heterocycles. The van der Waals surface area contributed by atoms with Crippen LogP contribution < -0.4 is 4.74 Å². The molecule has 0 fully saturated rings. The topological polar surface area (TPSA) is 40.6 Å². The lowest BCUT2D eigenvalue weighted by atomic mass is 10.2. The van der Waals surface area contributed by atoms with Crippen LogP contribution in [0.15, 0.2) is 18.2 Å². The van der Waals surface area contributed by atoms with Crippen molar-refractivity contribution in [3.8, 4) is 5.88 Å². The predicted molar refractivity (Wildman–Crippen MR) is 66.2 cm³/mol. The molecule has 0 aliphatic carbocycles. The van der Waals surface area contributed by atoms with Crippen molar-refractivity contribution in [2.45, 2.75) is 33.0 Å². The molecule has 1 rings (SSSR count). The standard InChI is InChI=1S/C13H21NO3/c1-4-16-13(17-5-2)10-9-11-7-6-8-12(14-11)15-3/h6-8,13H,4-5,9-10H2,1-3H3. The minimum atomic E-state index is -0.141. The van der Waals surface area contributed by atoms with Crippen molar-refractivity contribution < 1.29 is 14.2 Å². The molecule has 0 aliphatic rings. The van der Waals surface area contributed by atoms with E-state index < -0.39 is 0 Å². The van der Waals surface area contributed by atoms with E-state index in [2.05, 4.69) is 4.98 Å². The van der Waals surface area contributed by atoms with E-state index in [-0.39, 0.29) is 6.29 Å². The number of aryl methyl sites for hydroxylation is 1. The fourth-order valence-electron chi connectivity index (χ4n) is 1.56. The third-order valence-corrected chi connectivity index (χ3v) is 2.33. The number of aromatic nitrogens is 1. The fraction of sp³-hybridized carbons (Fsp3) is 0.615. The fourth-order valence-corrected chi connectivity index (χ4v) is 1.56. The Morgan fingerprint density at radius 2 is 1.88 bits per heavy atom. The van der Waals surface area contributed by atoms with Crippen LogP contribution in [0.25, 0.3) is 0 Å². The molecule has 1 heterocycles. The second kappa shape index (κ2) is 8.03. The second-order valence-corrected chi connectivity index (χ2v) is 3.55. The van der Waals surface area contributed by atoms with Gasteiger partial charge in [-0.3, -0.25) is 0 Å². The first kappa shape index (κ1) is 13.9. The predicted octanol–water partition coefficient (Wildman–Crippen LogP) is 2.42. The number of nitrogens with zero attached hydrogens (tertiary/aromatic N) is 1. The summed E-state index contributed by atoms with van der Waals surface area (Å²) in [5, 5.41) is 0. The highest BCUT2D eigenvalue weighted by molar-refractivity contribution is 5.15. The SMILES string of the molecule is CCOC(CCc1cccc(OC)n1)OCC. The van der Waals surface area contributed by atoms with Crippen molar-refractivity contribution in [2.24, 2.45) is 0 Å². The van der Waals surface area contributed by atoms with Gasteiger partial charge in [0.15, 0.2) is 6.29 Å². The third kappa shape index (κ3) is 5.15. The summed E-state index contributed by atoms with van der Waals surface area (Å²) in [6.07, 6.45) is 1.49. The Balaban J connectivity index is 2.46. The first-order chi connectivity index (χ1) is 8.30. The minimum absolute atomic E-state index is 0.141. The lowest BCUT2D eigenvalue weighted by molar-refractivity contribution is -0.139. The van der Waals surface area contributed by atoms with Crippen LogP contribution in [-0.4, -0.2) is 31.6 Å². The van der Waals surface area contributed by atoms with Gasteiger partial charge in [0.2, 0.25) is 5.88 Å². The van der Waals surface area contributed by atoms with Gasteiger partial charge in [-0.15, -0.1) is 0 Å². The Hall–Kier alpha value is -1.13. The molecule has 0 N–H and O–H groups in total. The molecule has 4 nitrogen and oxygen atoms in total. The summed E-state index contributed by atoms with van der Waals surface area (Å²) in [5.41, 5.74) is 0.994. The van der Waals surface area contributed by atoms with Gasteiger partial charge in [-0.25, -0.2) is 4.98 Å². The summed E-state index contributed by atoms with van der Waals surface area (Å²) in [7, 11) is 1.62. The molecule has 0 aromatic carbocycles. The average molecular weight is 239 g/mol. The quantitative estimate of drug-likeness (QED) is 0.653. The number of ether oxygens (including phenoxy) is 3. The molecule has 0 unspecified atom stereocenters. The van der Waals surface area contributed by atoms with Crippen LogP contribution in [-0.2, 0) is 15.9 Å². The van der Waals surface area contributed by atoms with Crippen molar-refractivity contribution in [3.63, 3.8) is 0 Å². The van der Waals surface area contributed by atoms with Gasteiger partial charge in [0.25, 0.3) is 0 Å². The van der Waals surface area contributed by atoms with E-state index in [0.29, 0.717) is 19.1 Å². The summed E-state index contributed by atoms with van der Waals surface area (Å²) < 4.78 is 16.0. The zero-order valence-corrected chi connectivity index (χ0v) is 10.8. The molecule has 17 heavy (non-hydrogen) atoms. The summed E-state index contributed by atoms with van der Waals surface area (Å²) in [6.45, 7) is 5.26. The van der Waals surface area contributed by atoms with E-state index in [4.69, 9.17) is 14.2 Å². The zero-order valence-electron chi connectivity index (χ0n) is 10.8. The van der Waals surface area contributed by atoms with Gasteiger partial charge in [0.05, 0.1) is 7.11 Å². The molecular formula is C13H21NO3. The molecule has 0 saturated carbocycles. The summed E-state index contributed by atoms with van der Waals surface area (Å²) in [5.74, 6) is 0.645. The Kier molecular flexibility index (Phi) is 6.58. The maximum Gasteiger partial charge on any atom is 0.213 e. The highest BCUT2D eigenvalue weighted by atomic mass is 16.7. The van der Waals surface area contributed by atoms with Gasteiger partial charge in [-0.05, 0) is 26.3 Å². The van der Waals surface area contributed by atoms with E-state index in [1.807, 2.05) is 32.0 Å². The first-order valence-corrected chi connectivity index (χ1v) is 6.03. The Morgan fingerprint density at radius 3 is 2.47 bits per heavy atom. The number of hydrogen-bond donors (Lipinski definition) is 0. The van der Waals surface area contributed by atoms with Crippen molar-refractivity contribution >= 4 is 0 Å². The molecule has 0 spiro atoms. The van der Waals surface area contributed by atoms with Crippen LogP contribution in [0.1, 0.15) is 26.0 Å². The molecule has 0 atom stereocenters. The smallest absolute Gasteiger partial charge is 0.213 e. The van der Waals surface area contributed by atoms with E-state index >= 15 is 0 Å². The Bertz CT molecular complexity index is 311. The Morgan fingerprint density at radius 1 is 1.18 bits per heavy atom. The summed E-state index contributed by atoms with van der Waals surface area (Å²) >= 11 is 0. The van der Waals surface area contributed by atoms with E-state index in [0.717, 1.165) is 18.5 Å². The number of hydrogen-bond acceptors (Lipinski definition) is 4. The Labute approximate surface area is 103 Å². The van der Waals surface area contributed by atoms with Crippen molar-refractivity contribution in [1.29, 1.82) is 0 Å². The first-order valence-electron chi connectivity index (χ1n) is 6.03. The second-order valence-electron chi connectivity index (χ2n) is 3.55. The van der Waals surface area contributed by atoms with E-state index in [1.54, 1.807) is 7.11 Å². The van der Waals surface area contributed by atoms with Gasteiger partial charge in [-0.1, -0.05) is 6.07 Å². The molecule has 96 valence electrons. The van der Waals surface area contributed by atoms with Crippen LogP contribution in [0.5, 0.6) is 5.88 Å². The number of pyridine rings is 1. The van der Waals surface area contributed by atoms with Crippen molar-refractivity contribution in [2.75, 3.05) is 20.3 Å². The molecule has 0 aliphatic heterocycles. The van der Waals surface area contributed by atoms with Crippen molar-refractivity contribution in [3.05, 3.63) is 23.9 Å². The lowest BCUT2D eigenvalue weighted by Crippen LogP contribution is -2.18. The molecule has 1 aromatic rings. The van der Waals surface area contributed by atoms with E-state index in [9.17, 15) is 0 Å². The highest BCUT2D eigenvalue weighted by Crippen LogP contribution is 2.11. The van der Waals surface area contributed by atoms with Crippen molar-refractivity contribution in [1.82, 2.24) is 4.98 Å². The lowest BCUT2D eigenvalue weighted by Gasteiger charge is -2.16. The summed E-state index contributed by atoms with van der Waals surface area (Å²) in [4.78, 5) is 4.35. The summed E-state index contributed by atoms with van der Waals surface area (Å²) in [6, 6.07) is 5.76. The van der Waals surface area contributed by atoms with Crippen LogP contribution >= 0.6 is 0 Å².